The Balaban J connectivity index is 2.76. The van der Waals surface area contributed by atoms with E-state index in [1.165, 1.54) is 4.90 Å². The van der Waals surface area contributed by atoms with E-state index in [9.17, 15) is 4.79 Å². The van der Waals surface area contributed by atoms with Crippen LogP contribution in [0.5, 0.6) is 0 Å². The number of halogens is 1. The van der Waals surface area contributed by atoms with Gasteiger partial charge in [-0.2, -0.15) is 0 Å². The Bertz CT molecular complexity index is 330. The van der Waals surface area contributed by atoms with Crippen molar-refractivity contribution >= 4 is 33.5 Å². The van der Waals surface area contributed by atoms with Gasteiger partial charge in [0.2, 0.25) is 0 Å². The summed E-state index contributed by atoms with van der Waals surface area (Å²) in [6.45, 7) is 6.16. The van der Waals surface area contributed by atoms with E-state index in [4.69, 9.17) is 0 Å². The van der Waals surface area contributed by atoms with Crippen molar-refractivity contribution < 1.29 is 4.79 Å². The molecule has 0 N–H and O–H groups in total. The zero-order valence-electron chi connectivity index (χ0n) is 9.16. The fraction of sp³-hybridized carbons (Fsp3) is 0.417. The molecule has 0 saturated carbocycles. The standard InChI is InChI=1S/C12H15BrOS/c1-8(2)15-11-6-4-10(5-7-11)12(14)9(3)13/h4-9H,1-3H3. The number of carbonyl (C=O) groups excluding carboxylic acids is 1. The van der Waals surface area contributed by atoms with E-state index in [1.807, 2.05) is 31.2 Å². The lowest BCUT2D eigenvalue weighted by atomic mass is 10.1. The van der Waals surface area contributed by atoms with Gasteiger partial charge in [-0.15, -0.1) is 11.8 Å². The van der Waals surface area contributed by atoms with E-state index >= 15 is 0 Å². The molecular formula is C12H15BrOS. The lowest BCUT2D eigenvalue weighted by Gasteiger charge is -2.06. The summed E-state index contributed by atoms with van der Waals surface area (Å²) in [7, 11) is 0. The molecule has 3 heteroatoms. The van der Waals surface area contributed by atoms with E-state index in [0.29, 0.717) is 5.25 Å². The van der Waals surface area contributed by atoms with Crippen LogP contribution in [0.3, 0.4) is 0 Å². The maximum atomic E-state index is 11.6. The van der Waals surface area contributed by atoms with Gasteiger partial charge in [0.25, 0.3) is 0 Å². The van der Waals surface area contributed by atoms with Gasteiger partial charge in [0, 0.05) is 15.7 Å². The third kappa shape index (κ3) is 3.99. The number of Topliss-reactive ketones (excluding diaryl/α,β-unsaturated/α-hetero) is 1. The SMILES string of the molecule is CC(C)Sc1ccc(C(=O)C(C)Br)cc1. The van der Waals surface area contributed by atoms with Gasteiger partial charge >= 0.3 is 0 Å². The first-order chi connectivity index (χ1) is 7.00. The Morgan fingerprint density at radius 3 is 2.13 bits per heavy atom. The summed E-state index contributed by atoms with van der Waals surface area (Å²) in [5.41, 5.74) is 0.771. The van der Waals surface area contributed by atoms with Gasteiger partial charge in [-0.25, -0.2) is 0 Å². The first-order valence-electron chi connectivity index (χ1n) is 4.95. The molecule has 0 heterocycles. The lowest BCUT2D eigenvalue weighted by Crippen LogP contribution is -2.09. The van der Waals surface area contributed by atoms with E-state index in [2.05, 4.69) is 29.8 Å². The van der Waals surface area contributed by atoms with Crippen molar-refractivity contribution in [3.05, 3.63) is 29.8 Å². The van der Waals surface area contributed by atoms with Crippen molar-refractivity contribution in [2.24, 2.45) is 0 Å². The van der Waals surface area contributed by atoms with Gasteiger partial charge in [0.05, 0.1) is 4.83 Å². The molecule has 0 bridgehead atoms. The average Bonchev–Trinajstić information content (AvgIpc) is 2.17. The molecule has 1 rings (SSSR count). The predicted molar refractivity (Wildman–Crippen MR) is 70.2 cm³/mol. The molecule has 1 aromatic rings. The maximum Gasteiger partial charge on any atom is 0.176 e. The van der Waals surface area contributed by atoms with Crippen LogP contribution in [-0.4, -0.2) is 15.9 Å². The smallest absolute Gasteiger partial charge is 0.176 e. The molecule has 0 fully saturated rings. The minimum Gasteiger partial charge on any atom is -0.293 e. The Labute approximate surface area is 104 Å². The normalized spacial score (nSPS) is 12.9. The van der Waals surface area contributed by atoms with Gasteiger partial charge in [0.1, 0.15) is 0 Å². The highest BCUT2D eigenvalue weighted by Crippen LogP contribution is 2.23. The Kier molecular flexibility index (Phi) is 4.87. The maximum absolute atomic E-state index is 11.6. The molecule has 15 heavy (non-hydrogen) atoms. The van der Waals surface area contributed by atoms with Gasteiger partial charge in [-0.1, -0.05) is 41.9 Å². The van der Waals surface area contributed by atoms with Crippen molar-refractivity contribution in [1.82, 2.24) is 0 Å². The number of carbonyl (C=O) groups is 1. The molecule has 0 radical (unpaired) electrons. The Morgan fingerprint density at radius 2 is 1.73 bits per heavy atom. The van der Waals surface area contributed by atoms with E-state index < -0.39 is 0 Å². The molecule has 1 nitrogen and oxygen atoms in total. The molecule has 1 aromatic carbocycles. The molecule has 82 valence electrons. The fourth-order valence-corrected chi connectivity index (χ4v) is 2.30. The highest BCUT2D eigenvalue weighted by atomic mass is 79.9. The summed E-state index contributed by atoms with van der Waals surface area (Å²) in [5, 5.41) is 0.571. The van der Waals surface area contributed by atoms with Crippen LogP contribution in [0.1, 0.15) is 31.1 Å². The van der Waals surface area contributed by atoms with Crippen LogP contribution in [0.25, 0.3) is 0 Å². The molecule has 0 aliphatic carbocycles. The summed E-state index contributed by atoms with van der Waals surface area (Å²) >= 11 is 5.08. The summed E-state index contributed by atoms with van der Waals surface area (Å²) < 4.78 is 0. The summed E-state index contributed by atoms with van der Waals surface area (Å²) in [4.78, 5) is 12.7. The van der Waals surface area contributed by atoms with Gasteiger partial charge < -0.3 is 0 Å². The number of rotatable bonds is 4. The predicted octanol–water partition coefficient (Wildman–Crippen LogP) is 4.15. The number of hydrogen-bond acceptors (Lipinski definition) is 2. The summed E-state index contributed by atoms with van der Waals surface area (Å²) in [6.07, 6.45) is 0. The van der Waals surface area contributed by atoms with Crippen LogP contribution in [0.2, 0.25) is 0 Å². The topological polar surface area (TPSA) is 17.1 Å². The van der Waals surface area contributed by atoms with Gasteiger partial charge in [-0.05, 0) is 19.1 Å². The number of alkyl halides is 1. The summed E-state index contributed by atoms with van der Waals surface area (Å²) in [6, 6.07) is 7.80. The monoisotopic (exact) mass is 286 g/mol. The highest BCUT2D eigenvalue weighted by molar-refractivity contribution is 9.10. The second-order valence-corrected chi connectivity index (χ2v) is 6.69. The van der Waals surface area contributed by atoms with Crippen molar-refractivity contribution in [2.75, 3.05) is 0 Å². The molecule has 0 aliphatic rings. The Hall–Kier alpha value is -0.280. The molecule has 0 spiro atoms. The third-order valence-corrected chi connectivity index (χ3v) is 3.30. The van der Waals surface area contributed by atoms with Crippen molar-refractivity contribution in [3.8, 4) is 0 Å². The third-order valence-electron chi connectivity index (χ3n) is 1.87. The number of ketones is 1. The van der Waals surface area contributed by atoms with Crippen LogP contribution in [0.15, 0.2) is 29.2 Å². The second kappa shape index (κ2) is 5.71. The summed E-state index contributed by atoms with van der Waals surface area (Å²) in [5.74, 6) is 0.135. The van der Waals surface area contributed by atoms with Crippen molar-refractivity contribution in [3.63, 3.8) is 0 Å². The molecule has 0 aromatic heterocycles. The average molecular weight is 287 g/mol. The Morgan fingerprint density at radius 1 is 1.20 bits per heavy atom. The zero-order chi connectivity index (χ0) is 11.4. The quantitative estimate of drug-likeness (QED) is 0.470. The largest absolute Gasteiger partial charge is 0.293 e. The van der Waals surface area contributed by atoms with Crippen LogP contribution in [0, 0.1) is 0 Å². The van der Waals surface area contributed by atoms with Crippen LogP contribution in [-0.2, 0) is 0 Å². The molecule has 0 amide bonds. The fourth-order valence-electron chi connectivity index (χ4n) is 1.20. The second-order valence-electron chi connectivity index (χ2n) is 3.67. The molecule has 0 aliphatic heterocycles. The zero-order valence-corrected chi connectivity index (χ0v) is 11.6. The van der Waals surface area contributed by atoms with Gasteiger partial charge in [-0.3, -0.25) is 4.79 Å². The first-order valence-corrected chi connectivity index (χ1v) is 6.75. The van der Waals surface area contributed by atoms with Crippen molar-refractivity contribution in [2.45, 2.75) is 35.7 Å². The van der Waals surface area contributed by atoms with E-state index in [1.54, 1.807) is 11.8 Å². The van der Waals surface area contributed by atoms with Crippen LogP contribution in [0.4, 0.5) is 0 Å². The number of thioether (sulfide) groups is 1. The first kappa shape index (κ1) is 12.8. The molecule has 0 saturated heterocycles. The number of hydrogen-bond donors (Lipinski definition) is 0. The minimum atomic E-state index is -0.110. The highest BCUT2D eigenvalue weighted by Gasteiger charge is 2.11. The van der Waals surface area contributed by atoms with E-state index in [-0.39, 0.29) is 10.6 Å². The van der Waals surface area contributed by atoms with Crippen LogP contribution >= 0.6 is 27.7 Å². The lowest BCUT2D eigenvalue weighted by molar-refractivity contribution is 0.0996. The molecule has 1 unspecified atom stereocenters. The van der Waals surface area contributed by atoms with Gasteiger partial charge in [0.15, 0.2) is 5.78 Å². The van der Waals surface area contributed by atoms with E-state index in [0.717, 1.165) is 5.56 Å². The molecule has 1 atom stereocenters. The number of benzene rings is 1. The van der Waals surface area contributed by atoms with Crippen LogP contribution < -0.4 is 0 Å². The van der Waals surface area contributed by atoms with Crippen molar-refractivity contribution in [1.29, 1.82) is 0 Å². The minimum absolute atomic E-state index is 0.110. The molecular weight excluding hydrogens is 272 g/mol.